The second kappa shape index (κ2) is 8.46. The molecule has 0 spiro atoms. The average Bonchev–Trinajstić information content (AvgIpc) is 3.09. The van der Waals surface area contributed by atoms with Crippen LogP contribution in [-0.4, -0.2) is 31.9 Å². The highest BCUT2D eigenvalue weighted by molar-refractivity contribution is 6.30. The lowest BCUT2D eigenvalue weighted by Crippen LogP contribution is -2.30. The highest BCUT2D eigenvalue weighted by Gasteiger charge is 2.22. The van der Waals surface area contributed by atoms with Crippen LogP contribution >= 0.6 is 11.6 Å². The number of aromatic hydroxyl groups is 1. The van der Waals surface area contributed by atoms with Gasteiger partial charge in [0.2, 0.25) is 5.88 Å². The van der Waals surface area contributed by atoms with Crippen molar-refractivity contribution in [3.63, 3.8) is 0 Å². The van der Waals surface area contributed by atoms with E-state index in [9.17, 15) is 19.8 Å². The van der Waals surface area contributed by atoms with Crippen molar-refractivity contribution in [1.82, 2.24) is 15.1 Å². The summed E-state index contributed by atoms with van der Waals surface area (Å²) in [5.74, 6) is -2.03. The van der Waals surface area contributed by atoms with Gasteiger partial charge in [-0.05, 0) is 35.9 Å². The molecule has 3 rings (SSSR count). The van der Waals surface area contributed by atoms with Gasteiger partial charge in [0.25, 0.3) is 5.91 Å². The first-order valence-electron chi connectivity index (χ1n) is 8.45. The van der Waals surface area contributed by atoms with Crippen LogP contribution in [0.2, 0.25) is 5.02 Å². The molecule has 0 fully saturated rings. The normalized spacial score (nSPS) is 11.4. The zero-order valence-electron chi connectivity index (χ0n) is 14.9. The minimum Gasteiger partial charge on any atom is -0.493 e. The summed E-state index contributed by atoms with van der Waals surface area (Å²) in [6, 6.07) is 15.1. The second-order valence-electron chi connectivity index (χ2n) is 6.14. The van der Waals surface area contributed by atoms with Gasteiger partial charge >= 0.3 is 5.97 Å². The summed E-state index contributed by atoms with van der Waals surface area (Å²) in [5.41, 5.74) is 1.31. The van der Waals surface area contributed by atoms with E-state index in [0.717, 1.165) is 4.68 Å². The SMILES string of the molecule is N#Cc1ccc([C@H](CC(=O)O)NC(=O)c2cc(O)n(-c3cccc(Cl)c3)n2)cc1. The van der Waals surface area contributed by atoms with Gasteiger partial charge in [0, 0.05) is 11.1 Å². The zero-order chi connectivity index (χ0) is 21.0. The van der Waals surface area contributed by atoms with Crippen molar-refractivity contribution >= 4 is 23.5 Å². The standard InChI is InChI=1S/C20H15ClN4O4/c21-14-2-1-3-15(8-14)25-18(26)9-17(24-25)20(29)23-16(10-19(27)28)13-6-4-12(11-22)5-7-13/h1-9,16,26H,10H2,(H,23,29)(H,27,28)/t16-/m0/s1. The van der Waals surface area contributed by atoms with Crippen LogP contribution in [0.15, 0.2) is 54.6 Å². The molecule has 0 unspecified atom stereocenters. The minimum atomic E-state index is -1.10. The molecule has 0 aliphatic rings. The summed E-state index contributed by atoms with van der Waals surface area (Å²) in [4.78, 5) is 23.9. The van der Waals surface area contributed by atoms with Crippen molar-refractivity contribution in [2.24, 2.45) is 0 Å². The maximum atomic E-state index is 12.6. The Morgan fingerprint density at radius 3 is 2.55 bits per heavy atom. The van der Waals surface area contributed by atoms with E-state index in [-0.39, 0.29) is 18.0 Å². The van der Waals surface area contributed by atoms with Crippen LogP contribution in [0.4, 0.5) is 0 Å². The van der Waals surface area contributed by atoms with Crippen LogP contribution in [0.25, 0.3) is 5.69 Å². The van der Waals surface area contributed by atoms with E-state index in [1.165, 1.54) is 18.2 Å². The molecule has 0 saturated heterocycles. The van der Waals surface area contributed by atoms with Crippen molar-refractivity contribution in [3.05, 3.63) is 76.4 Å². The van der Waals surface area contributed by atoms with Crippen LogP contribution in [0.3, 0.4) is 0 Å². The largest absolute Gasteiger partial charge is 0.493 e. The van der Waals surface area contributed by atoms with Crippen LogP contribution in [0, 0.1) is 11.3 Å². The van der Waals surface area contributed by atoms with Gasteiger partial charge in [-0.3, -0.25) is 9.59 Å². The summed E-state index contributed by atoms with van der Waals surface area (Å²) in [6.45, 7) is 0. The number of carboxylic acids is 1. The first-order valence-corrected chi connectivity index (χ1v) is 8.83. The summed E-state index contributed by atoms with van der Waals surface area (Å²) < 4.78 is 1.15. The average molecular weight is 411 g/mol. The van der Waals surface area contributed by atoms with Gasteiger partial charge in [-0.2, -0.15) is 10.4 Å². The number of nitrogens with zero attached hydrogens (tertiary/aromatic N) is 3. The molecule has 0 aliphatic carbocycles. The highest BCUT2D eigenvalue weighted by Crippen LogP contribution is 2.22. The van der Waals surface area contributed by atoms with Gasteiger partial charge in [-0.25, -0.2) is 4.68 Å². The molecule has 1 aromatic heterocycles. The van der Waals surface area contributed by atoms with Gasteiger partial charge in [-0.15, -0.1) is 0 Å². The fraction of sp³-hybridized carbons (Fsp3) is 0.100. The van der Waals surface area contributed by atoms with Crippen LogP contribution in [-0.2, 0) is 4.79 Å². The fourth-order valence-electron chi connectivity index (χ4n) is 2.73. The molecule has 29 heavy (non-hydrogen) atoms. The quantitative estimate of drug-likeness (QED) is 0.573. The molecule has 3 aromatic rings. The third kappa shape index (κ3) is 4.72. The predicted octanol–water partition coefficient (Wildman–Crippen LogP) is 3.05. The van der Waals surface area contributed by atoms with Gasteiger partial charge in [0.15, 0.2) is 5.69 Å². The second-order valence-corrected chi connectivity index (χ2v) is 6.57. The number of nitrogens with one attached hydrogen (secondary N) is 1. The maximum absolute atomic E-state index is 12.6. The number of aromatic nitrogens is 2. The molecule has 0 saturated carbocycles. The topological polar surface area (TPSA) is 128 Å². The molecular weight excluding hydrogens is 396 g/mol. The van der Waals surface area contributed by atoms with Gasteiger partial charge in [0.1, 0.15) is 0 Å². The van der Waals surface area contributed by atoms with Gasteiger partial charge in [0.05, 0.1) is 29.8 Å². The van der Waals surface area contributed by atoms with E-state index in [4.69, 9.17) is 16.9 Å². The number of halogens is 1. The lowest BCUT2D eigenvalue weighted by Gasteiger charge is -2.16. The Bertz CT molecular complexity index is 1100. The Labute approximate surface area is 170 Å². The predicted molar refractivity (Wildman–Crippen MR) is 104 cm³/mol. The third-order valence-corrected chi connectivity index (χ3v) is 4.34. The Morgan fingerprint density at radius 2 is 1.93 bits per heavy atom. The zero-order valence-corrected chi connectivity index (χ0v) is 15.7. The fourth-order valence-corrected chi connectivity index (χ4v) is 2.91. The van der Waals surface area contributed by atoms with E-state index in [1.807, 2.05) is 6.07 Å². The number of benzene rings is 2. The summed E-state index contributed by atoms with van der Waals surface area (Å²) in [7, 11) is 0. The summed E-state index contributed by atoms with van der Waals surface area (Å²) in [6.07, 6.45) is -0.362. The van der Waals surface area contributed by atoms with Crippen LogP contribution in [0.1, 0.15) is 34.1 Å². The number of carboxylic acid groups (broad SMARTS) is 1. The van der Waals surface area contributed by atoms with Crippen molar-refractivity contribution in [2.45, 2.75) is 12.5 Å². The minimum absolute atomic E-state index is 0.0912. The van der Waals surface area contributed by atoms with E-state index in [1.54, 1.807) is 36.4 Å². The Kier molecular flexibility index (Phi) is 5.81. The molecule has 0 bridgehead atoms. The Balaban J connectivity index is 1.85. The first-order chi connectivity index (χ1) is 13.9. The molecular formula is C20H15ClN4O4. The number of carbonyl (C=O) groups is 2. The third-order valence-electron chi connectivity index (χ3n) is 4.10. The van der Waals surface area contributed by atoms with E-state index < -0.39 is 17.9 Å². The number of rotatable bonds is 6. The van der Waals surface area contributed by atoms with Crippen molar-refractivity contribution in [2.75, 3.05) is 0 Å². The molecule has 146 valence electrons. The molecule has 1 heterocycles. The molecule has 1 amide bonds. The van der Waals surface area contributed by atoms with Gasteiger partial charge in [-0.1, -0.05) is 29.8 Å². The van der Waals surface area contributed by atoms with E-state index in [0.29, 0.717) is 21.8 Å². The molecule has 2 aromatic carbocycles. The Hall–Kier alpha value is -3.83. The molecule has 0 radical (unpaired) electrons. The van der Waals surface area contributed by atoms with Crippen molar-refractivity contribution < 1.29 is 19.8 Å². The van der Waals surface area contributed by atoms with Crippen LogP contribution < -0.4 is 5.32 Å². The molecule has 1 atom stereocenters. The van der Waals surface area contributed by atoms with E-state index in [2.05, 4.69) is 10.4 Å². The summed E-state index contributed by atoms with van der Waals surface area (Å²) in [5, 5.41) is 35.3. The molecule has 0 aliphatic heterocycles. The van der Waals surface area contributed by atoms with Crippen molar-refractivity contribution in [1.29, 1.82) is 5.26 Å². The number of hydrogen-bond acceptors (Lipinski definition) is 5. The molecule has 9 heteroatoms. The number of carbonyl (C=O) groups excluding carboxylic acids is 1. The first kappa shape index (κ1) is 19.9. The number of hydrogen-bond donors (Lipinski definition) is 3. The lowest BCUT2D eigenvalue weighted by molar-refractivity contribution is -0.137. The van der Waals surface area contributed by atoms with E-state index >= 15 is 0 Å². The lowest BCUT2D eigenvalue weighted by atomic mass is 10.0. The molecule has 8 nitrogen and oxygen atoms in total. The smallest absolute Gasteiger partial charge is 0.305 e. The Morgan fingerprint density at radius 1 is 1.21 bits per heavy atom. The number of aliphatic carboxylic acids is 1. The van der Waals surface area contributed by atoms with Crippen molar-refractivity contribution in [3.8, 4) is 17.6 Å². The number of nitriles is 1. The van der Waals surface area contributed by atoms with Gasteiger partial charge < -0.3 is 15.5 Å². The highest BCUT2D eigenvalue weighted by atomic mass is 35.5. The monoisotopic (exact) mass is 410 g/mol. The molecule has 3 N–H and O–H groups in total. The summed E-state index contributed by atoms with van der Waals surface area (Å²) >= 11 is 5.95. The number of amides is 1. The maximum Gasteiger partial charge on any atom is 0.305 e. The van der Waals surface area contributed by atoms with Crippen LogP contribution in [0.5, 0.6) is 5.88 Å².